The zero-order valence-electron chi connectivity index (χ0n) is 25.2. The Balaban J connectivity index is 2.20. The summed E-state index contributed by atoms with van der Waals surface area (Å²) in [6.45, 7) is 11.4. The molecule has 0 radical (unpaired) electrons. The summed E-state index contributed by atoms with van der Waals surface area (Å²) in [5.74, 6) is -1.19. The summed E-state index contributed by atoms with van der Waals surface area (Å²) in [4.78, 5) is 56.5. The zero-order valence-corrected chi connectivity index (χ0v) is 26.0. The van der Waals surface area contributed by atoms with Crippen molar-refractivity contribution in [2.75, 3.05) is 13.3 Å². The molecule has 1 heterocycles. The van der Waals surface area contributed by atoms with Crippen molar-refractivity contribution in [3.05, 3.63) is 52.0 Å². The first-order chi connectivity index (χ1) is 19.5. The Morgan fingerprint density at radius 2 is 1.78 bits per heavy atom. The van der Waals surface area contributed by atoms with Gasteiger partial charge in [0.15, 0.2) is 12.8 Å². The van der Waals surface area contributed by atoms with E-state index in [1.807, 2.05) is 65.0 Å². The number of nitrogens with zero attached hydrogens (tertiary/aromatic N) is 2. The number of rotatable bonds is 17. The van der Waals surface area contributed by atoms with E-state index in [2.05, 4.69) is 10.3 Å². The maximum Gasteiger partial charge on any atom is 0.307 e. The van der Waals surface area contributed by atoms with E-state index in [0.717, 1.165) is 12.0 Å². The van der Waals surface area contributed by atoms with E-state index in [0.29, 0.717) is 30.8 Å². The maximum atomic E-state index is 13.3. The fraction of sp³-hybridized carbons (Fsp3) is 0.581. The summed E-state index contributed by atoms with van der Waals surface area (Å²) in [5.41, 5.74) is 1.36. The maximum absolute atomic E-state index is 13.3. The highest BCUT2D eigenvalue weighted by Crippen LogP contribution is 2.31. The molecule has 1 N–H and O–H groups in total. The third-order valence-corrected chi connectivity index (χ3v) is 7.45. The van der Waals surface area contributed by atoms with Gasteiger partial charge in [-0.2, -0.15) is 0 Å². The second kappa shape index (κ2) is 17.5. The number of benzene rings is 1. The fourth-order valence-electron chi connectivity index (χ4n) is 4.33. The molecule has 0 unspecified atom stereocenters. The van der Waals surface area contributed by atoms with Gasteiger partial charge in [0.25, 0.3) is 5.91 Å². The second-order valence-corrected chi connectivity index (χ2v) is 11.8. The summed E-state index contributed by atoms with van der Waals surface area (Å²) in [6, 6.07) is 9.46. The molecule has 226 valence electrons. The van der Waals surface area contributed by atoms with E-state index in [4.69, 9.17) is 9.47 Å². The Morgan fingerprint density at radius 3 is 2.39 bits per heavy atom. The highest BCUT2D eigenvalue weighted by atomic mass is 32.1. The quantitative estimate of drug-likeness (QED) is 0.186. The molecule has 0 aliphatic heterocycles. The Morgan fingerprint density at radius 1 is 1.07 bits per heavy atom. The highest BCUT2D eigenvalue weighted by Gasteiger charge is 2.33. The number of hydrogen-bond donors (Lipinski definition) is 1. The summed E-state index contributed by atoms with van der Waals surface area (Å²) in [6.07, 6.45) is 2.31. The molecule has 2 atom stereocenters. The van der Waals surface area contributed by atoms with Gasteiger partial charge in [0, 0.05) is 44.2 Å². The van der Waals surface area contributed by atoms with Gasteiger partial charge >= 0.3 is 11.9 Å². The van der Waals surface area contributed by atoms with E-state index in [9.17, 15) is 19.2 Å². The smallest absolute Gasteiger partial charge is 0.307 e. The number of amides is 2. The second-order valence-electron chi connectivity index (χ2n) is 10.9. The van der Waals surface area contributed by atoms with Crippen LogP contribution in [0.2, 0.25) is 0 Å². The number of ether oxygens (including phenoxy) is 2. The molecule has 0 saturated heterocycles. The SMILES string of the molecule is CCCCC(=O)N(COC(=O)CC(C)C)[C@H](C[C@@H](OC(C)=O)c1nc(C(=O)NCCc2ccccc2)cs1)C(C)C. The lowest BCUT2D eigenvalue weighted by Gasteiger charge is -2.35. The van der Waals surface area contributed by atoms with Crippen LogP contribution in [0.5, 0.6) is 0 Å². The number of aromatic nitrogens is 1. The van der Waals surface area contributed by atoms with Crippen molar-refractivity contribution in [2.24, 2.45) is 11.8 Å². The number of carbonyl (C=O) groups is 4. The first-order valence-corrected chi connectivity index (χ1v) is 15.3. The Labute approximate surface area is 248 Å². The summed E-state index contributed by atoms with van der Waals surface area (Å²) in [7, 11) is 0. The van der Waals surface area contributed by atoms with Crippen molar-refractivity contribution in [2.45, 2.75) is 92.2 Å². The Bertz CT molecular complexity index is 1120. The highest BCUT2D eigenvalue weighted by molar-refractivity contribution is 7.09. The molecular weight excluding hydrogens is 542 g/mol. The van der Waals surface area contributed by atoms with Crippen LogP contribution in [0.3, 0.4) is 0 Å². The number of esters is 2. The van der Waals surface area contributed by atoms with Crippen molar-refractivity contribution >= 4 is 35.1 Å². The van der Waals surface area contributed by atoms with Crippen LogP contribution < -0.4 is 5.32 Å². The third-order valence-electron chi connectivity index (χ3n) is 6.51. The first-order valence-electron chi connectivity index (χ1n) is 14.4. The van der Waals surface area contributed by atoms with Crippen LogP contribution in [-0.2, 0) is 30.3 Å². The van der Waals surface area contributed by atoms with Crippen molar-refractivity contribution in [3.63, 3.8) is 0 Å². The van der Waals surface area contributed by atoms with Gasteiger partial charge in [-0.1, -0.05) is 71.4 Å². The van der Waals surface area contributed by atoms with E-state index >= 15 is 0 Å². The van der Waals surface area contributed by atoms with Crippen molar-refractivity contribution in [1.82, 2.24) is 15.2 Å². The van der Waals surface area contributed by atoms with Crippen LogP contribution in [0.4, 0.5) is 0 Å². The van der Waals surface area contributed by atoms with E-state index in [1.165, 1.54) is 18.3 Å². The van der Waals surface area contributed by atoms with Gasteiger partial charge in [0.05, 0.1) is 0 Å². The fourth-order valence-corrected chi connectivity index (χ4v) is 5.17. The lowest BCUT2D eigenvalue weighted by atomic mass is 9.95. The Hall–Kier alpha value is -3.27. The van der Waals surface area contributed by atoms with Crippen LogP contribution in [0.15, 0.2) is 35.7 Å². The van der Waals surface area contributed by atoms with Gasteiger partial charge in [-0.3, -0.25) is 19.2 Å². The molecule has 2 aromatic rings. The van der Waals surface area contributed by atoms with Crippen LogP contribution in [0, 0.1) is 11.8 Å². The number of unbranched alkanes of at least 4 members (excludes halogenated alkanes) is 1. The molecule has 0 bridgehead atoms. The molecule has 10 heteroatoms. The minimum absolute atomic E-state index is 0.0387. The molecule has 0 saturated carbocycles. The Kier molecular flexibility index (Phi) is 14.5. The molecule has 0 aliphatic carbocycles. The van der Waals surface area contributed by atoms with Crippen LogP contribution in [0.25, 0.3) is 0 Å². The predicted octanol–water partition coefficient (Wildman–Crippen LogP) is 5.70. The number of hydrogen-bond acceptors (Lipinski definition) is 8. The lowest BCUT2D eigenvalue weighted by molar-refractivity contribution is -0.158. The van der Waals surface area contributed by atoms with Gasteiger partial charge < -0.3 is 19.7 Å². The largest absolute Gasteiger partial charge is 0.455 e. The average molecular weight is 588 g/mol. The van der Waals surface area contributed by atoms with E-state index in [1.54, 1.807) is 10.3 Å². The summed E-state index contributed by atoms with van der Waals surface area (Å²) >= 11 is 1.23. The molecule has 1 aromatic heterocycles. The average Bonchev–Trinajstić information content (AvgIpc) is 3.41. The molecule has 0 aliphatic rings. The monoisotopic (exact) mass is 587 g/mol. The minimum Gasteiger partial charge on any atom is -0.455 e. The van der Waals surface area contributed by atoms with Gasteiger partial charge in [-0.25, -0.2) is 4.98 Å². The van der Waals surface area contributed by atoms with Gasteiger partial charge in [-0.15, -0.1) is 11.3 Å². The van der Waals surface area contributed by atoms with Crippen LogP contribution >= 0.6 is 11.3 Å². The van der Waals surface area contributed by atoms with Crippen molar-refractivity contribution < 1.29 is 28.7 Å². The molecule has 9 nitrogen and oxygen atoms in total. The molecular formula is C31H45N3O6S. The topological polar surface area (TPSA) is 115 Å². The molecule has 2 rings (SSSR count). The van der Waals surface area contributed by atoms with Crippen molar-refractivity contribution in [1.29, 1.82) is 0 Å². The van der Waals surface area contributed by atoms with Gasteiger partial charge in [0.1, 0.15) is 10.7 Å². The standard InChI is InChI=1S/C31H45N3O6S/c1-7-8-14-28(36)34(20-39-29(37)17-21(2)3)26(22(4)5)18-27(40-23(6)35)31-33-25(19-41-31)30(38)32-16-15-24-12-10-9-11-13-24/h9-13,19,21-22,26-27H,7-8,14-18,20H2,1-6H3,(H,32,38)/t26-,27-/m1/s1. The first kappa shape index (κ1) is 33.9. The normalized spacial score (nSPS) is 12.6. The van der Waals surface area contributed by atoms with Crippen LogP contribution in [-0.4, -0.2) is 53.0 Å². The van der Waals surface area contributed by atoms with E-state index < -0.39 is 18.1 Å². The van der Waals surface area contributed by atoms with Crippen LogP contribution in [0.1, 0.15) is 101 Å². The number of thiazole rings is 1. The third kappa shape index (κ3) is 12.0. The molecule has 1 aromatic carbocycles. The minimum atomic E-state index is -0.774. The molecule has 0 fully saturated rings. The molecule has 2 amide bonds. The van der Waals surface area contributed by atoms with Gasteiger partial charge in [0.2, 0.25) is 5.91 Å². The molecule has 0 spiro atoms. The lowest BCUT2D eigenvalue weighted by Crippen LogP contribution is -2.46. The number of carbonyl (C=O) groups excluding carboxylic acids is 4. The zero-order chi connectivity index (χ0) is 30.4. The number of nitrogens with one attached hydrogen (secondary N) is 1. The summed E-state index contributed by atoms with van der Waals surface area (Å²) in [5, 5.41) is 5.00. The van der Waals surface area contributed by atoms with Crippen molar-refractivity contribution in [3.8, 4) is 0 Å². The van der Waals surface area contributed by atoms with Gasteiger partial charge in [-0.05, 0) is 30.2 Å². The predicted molar refractivity (Wildman–Crippen MR) is 159 cm³/mol. The summed E-state index contributed by atoms with van der Waals surface area (Å²) < 4.78 is 11.2. The molecule has 41 heavy (non-hydrogen) atoms. The van der Waals surface area contributed by atoms with E-state index in [-0.39, 0.29) is 54.9 Å².